The predicted molar refractivity (Wildman–Crippen MR) is 103 cm³/mol. The lowest BCUT2D eigenvalue weighted by atomic mass is 10.1. The van der Waals surface area contributed by atoms with Crippen LogP contribution in [0.4, 0.5) is 0 Å². The highest BCUT2D eigenvalue weighted by atomic mass is 35.5. The van der Waals surface area contributed by atoms with E-state index in [1.807, 2.05) is 6.07 Å². The minimum Gasteiger partial charge on any atom is -0.465 e. The third kappa shape index (κ3) is 3.95. The number of carbonyl (C=O) groups is 1. The van der Waals surface area contributed by atoms with Crippen LogP contribution in [-0.2, 0) is 10.5 Å². The second-order valence-electron chi connectivity index (χ2n) is 5.28. The summed E-state index contributed by atoms with van der Waals surface area (Å²) in [5, 5.41) is 9.74. The molecule has 0 unspecified atom stereocenters. The second-order valence-corrected chi connectivity index (χ2v) is 7.07. The van der Waals surface area contributed by atoms with Crippen LogP contribution in [0.1, 0.15) is 15.9 Å². The highest BCUT2D eigenvalue weighted by molar-refractivity contribution is 7.98. The number of nitrogens with zero attached hydrogens (tertiary/aromatic N) is 3. The van der Waals surface area contributed by atoms with Crippen LogP contribution >= 0.6 is 35.0 Å². The summed E-state index contributed by atoms with van der Waals surface area (Å²) in [6.07, 6.45) is 0. The summed E-state index contributed by atoms with van der Waals surface area (Å²) in [4.78, 5) is 11.6. The van der Waals surface area contributed by atoms with Crippen molar-refractivity contribution in [1.29, 1.82) is 0 Å². The van der Waals surface area contributed by atoms with Crippen molar-refractivity contribution in [3.05, 3.63) is 63.6 Å². The first-order valence-corrected chi connectivity index (χ1v) is 9.19. The average molecular weight is 409 g/mol. The summed E-state index contributed by atoms with van der Waals surface area (Å²) < 4.78 is 6.10. The van der Waals surface area contributed by atoms with Gasteiger partial charge in [0.25, 0.3) is 0 Å². The number of nitrogen functional groups attached to an aromatic ring is 1. The zero-order valence-corrected chi connectivity index (χ0v) is 16.0. The highest BCUT2D eigenvalue weighted by Crippen LogP contribution is 2.31. The number of hydrogen-bond acceptors (Lipinski definition) is 6. The van der Waals surface area contributed by atoms with Gasteiger partial charge in [-0.1, -0.05) is 47.1 Å². The number of hydrogen-bond donors (Lipinski definition) is 1. The molecule has 0 saturated heterocycles. The molecule has 1 heterocycles. The van der Waals surface area contributed by atoms with Gasteiger partial charge in [0.1, 0.15) is 0 Å². The summed E-state index contributed by atoms with van der Waals surface area (Å²) in [7, 11) is 1.35. The second kappa shape index (κ2) is 7.99. The van der Waals surface area contributed by atoms with E-state index in [2.05, 4.69) is 10.2 Å². The van der Waals surface area contributed by atoms with Crippen LogP contribution in [0.25, 0.3) is 11.4 Å². The van der Waals surface area contributed by atoms with Gasteiger partial charge in [-0.15, -0.1) is 10.2 Å². The van der Waals surface area contributed by atoms with Crippen molar-refractivity contribution in [2.75, 3.05) is 13.0 Å². The van der Waals surface area contributed by atoms with Crippen LogP contribution in [0.5, 0.6) is 0 Å². The Morgan fingerprint density at radius 2 is 2.04 bits per heavy atom. The normalized spacial score (nSPS) is 10.7. The Morgan fingerprint density at radius 1 is 1.23 bits per heavy atom. The highest BCUT2D eigenvalue weighted by Gasteiger charge is 2.16. The van der Waals surface area contributed by atoms with Crippen molar-refractivity contribution in [3.63, 3.8) is 0 Å². The number of nitrogens with two attached hydrogens (primary N) is 1. The molecule has 3 rings (SSSR count). The van der Waals surface area contributed by atoms with Gasteiger partial charge in [0.2, 0.25) is 5.16 Å². The summed E-state index contributed by atoms with van der Waals surface area (Å²) in [5.41, 5.74) is 2.03. The number of benzene rings is 2. The monoisotopic (exact) mass is 408 g/mol. The van der Waals surface area contributed by atoms with E-state index in [9.17, 15) is 4.79 Å². The molecule has 0 bridgehead atoms. The lowest BCUT2D eigenvalue weighted by molar-refractivity contribution is 0.0600. The van der Waals surface area contributed by atoms with E-state index < -0.39 is 0 Å². The summed E-state index contributed by atoms with van der Waals surface area (Å²) in [5.74, 6) is 6.71. The number of carbonyl (C=O) groups excluding carboxylic acids is 1. The number of ether oxygens (including phenoxy) is 1. The molecule has 0 saturated carbocycles. The first-order chi connectivity index (χ1) is 12.5. The van der Waals surface area contributed by atoms with Crippen LogP contribution < -0.4 is 5.84 Å². The molecular weight excluding hydrogens is 395 g/mol. The quantitative estimate of drug-likeness (QED) is 0.389. The van der Waals surface area contributed by atoms with Gasteiger partial charge in [-0.3, -0.25) is 0 Å². The van der Waals surface area contributed by atoms with E-state index in [-0.39, 0.29) is 5.97 Å². The molecule has 26 heavy (non-hydrogen) atoms. The van der Waals surface area contributed by atoms with Crippen LogP contribution in [0, 0.1) is 0 Å². The van der Waals surface area contributed by atoms with Gasteiger partial charge in [-0.25, -0.2) is 9.47 Å². The molecule has 3 aromatic rings. The van der Waals surface area contributed by atoms with Gasteiger partial charge in [-0.2, -0.15) is 0 Å². The Kier molecular flexibility index (Phi) is 5.70. The maximum absolute atomic E-state index is 11.6. The molecule has 0 aliphatic rings. The third-order valence-electron chi connectivity index (χ3n) is 3.55. The van der Waals surface area contributed by atoms with Gasteiger partial charge in [0, 0.05) is 16.3 Å². The van der Waals surface area contributed by atoms with Gasteiger partial charge < -0.3 is 10.6 Å². The maximum Gasteiger partial charge on any atom is 0.337 e. The number of aromatic nitrogens is 3. The minimum atomic E-state index is -0.378. The van der Waals surface area contributed by atoms with Gasteiger partial charge in [-0.05, 0) is 35.9 Å². The van der Waals surface area contributed by atoms with Gasteiger partial charge in [0.15, 0.2) is 5.82 Å². The number of halogens is 2. The molecule has 134 valence electrons. The zero-order chi connectivity index (χ0) is 18.7. The first-order valence-electron chi connectivity index (χ1n) is 7.45. The average Bonchev–Trinajstić information content (AvgIpc) is 3.02. The van der Waals surface area contributed by atoms with Crippen molar-refractivity contribution in [2.24, 2.45) is 0 Å². The molecule has 0 aliphatic carbocycles. The van der Waals surface area contributed by atoms with Crippen molar-refractivity contribution >= 4 is 40.9 Å². The van der Waals surface area contributed by atoms with Gasteiger partial charge in [0.05, 0.1) is 17.7 Å². The van der Waals surface area contributed by atoms with Crippen LogP contribution in [0.3, 0.4) is 0 Å². The van der Waals surface area contributed by atoms with Crippen molar-refractivity contribution in [2.45, 2.75) is 10.9 Å². The Hall–Kier alpha value is -2.22. The number of methoxy groups -OCH3 is 1. The molecule has 6 nitrogen and oxygen atoms in total. The van der Waals surface area contributed by atoms with Crippen LogP contribution in [0.15, 0.2) is 47.6 Å². The van der Waals surface area contributed by atoms with E-state index in [1.165, 1.54) is 23.5 Å². The molecule has 0 atom stereocenters. The molecule has 0 spiro atoms. The summed E-state index contributed by atoms with van der Waals surface area (Å²) in [6, 6.07) is 12.2. The van der Waals surface area contributed by atoms with E-state index >= 15 is 0 Å². The largest absolute Gasteiger partial charge is 0.465 e. The van der Waals surface area contributed by atoms with E-state index in [1.54, 1.807) is 36.4 Å². The molecule has 0 amide bonds. The molecular formula is C17H14Cl2N4O2S. The molecule has 0 radical (unpaired) electrons. The number of thioether (sulfide) groups is 1. The molecule has 2 aromatic carbocycles. The molecule has 2 N–H and O–H groups in total. The topological polar surface area (TPSA) is 83.0 Å². The Labute approximate surface area is 164 Å². The minimum absolute atomic E-state index is 0.378. The Balaban J connectivity index is 1.79. The van der Waals surface area contributed by atoms with E-state index in [0.717, 1.165) is 5.56 Å². The molecule has 9 heteroatoms. The van der Waals surface area contributed by atoms with Crippen molar-refractivity contribution in [3.8, 4) is 11.4 Å². The standard InChI is InChI=1S/C17H14Cl2N4O2S/c1-25-16(24)11-4-2-3-10(7-11)9-26-17-22-21-15(23(17)20)13-8-12(18)5-6-14(13)19/h2-8H,9,20H2,1H3. The van der Waals surface area contributed by atoms with Crippen molar-refractivity contribution < 1.29 is 9.53 Å². The smallest absolute Gasteiger partial charge is 0.337 e. The van der Waals surface area contributed by atoms with E-state index in [4.69, 9.17) is 33.8 Å². The van der Waals surface area contributed by atoms with E-state index in [0.29, 0.717) is 37.9 Å². The maximum atomic E-state index is 11.6. The van der Waals surface area contributed by atoms with Crippen LogP contribution in [0.2, 0.25) is 10.0 Å². The fraction of sp³-hybridized carbons (Fsp3) is 0.118. The summed E-state index contributed by atoms with van der Waals surface area (Å²) in [6.45, 7) is 0. The van der Waals surface area contributed by atoms with Crippen LogP contribution in [-0.4, -0.2) is 28.0 Å². The Morgan fingerprint density at radius 3 is 2.81 bits per heavy atom. The third-order valence-corrected chi connectivity index (χ3v) is 5.13. The fourth-order valence-electron chi connectivity index (χ4n) is 2.28. The Bertz CT molecular complexity index is 962. The number of rotatable bonds is 5. The zero-order valence-electron chi connectivity index (χ0n) is 13.6. The molecule has 0 aliphatic heterocycles. The predicted octanol–water partition coefficient (Wildman–Crippen LogP) is 4.04. The fourth-order valence-corrected chi connectivity index (χ4v) is 3.46. The van der Waals surface area contributed by atoms with Crippen molar-refractivity contribution in [1.82, 2.24) is 14.9 Å². The van der Waals surface area contributed by atoms with Gasteiger partial charge >= 0.3 is 5.97 Å². The first kappa shape index (κ1) is 18.6. The number of esters is 1. The molecule has 1 aromatic heterocycles. The lowest BCUT2D eigenvalue weighted by Gasteiger charge is -2.06. The lowest BCUT2D eigenvalue weighted by Crippen LogP contribution is -2.11. The SMILES string of the molecule is COC(=O)c1cccc(CSc2nnc(-c3cc(Cl)ccc3Cl)n2N)c1. The summed E-state index contributed by atoms with van der Waals surface area (Å²) >= 11 is 13.6. The molecule has 0 fully saturated rings.